The van der Waals surface area contributed by atoms with Crippen LogP contribution in [-0.4, -0.2) is 58.0 Å². The third-order valence-corrected chi connectivity index (χ3v) is 5.85. The van der Waals surface area contributed by atoms with Crippen LogP contribution in [0, 0.1) is 0 Å². The van der Waals surface area contributed by atoms with E-state index >= 15 is 0 Å². The van der Waals surface area contributed by atoms with Crippen LogP contribution in [0.3, 0.4) is 0 Å². The number of ether oxygens (including phenoxy) is 2. The fourth-order valence-corrected chi connectivity index (χ4v) is 4.25. The van der Waals surface area contributed by atoms with Crippen LogP contribution in [-0.2, 0) is 4.79 Å². The Balaban J connectivity index is 1.25. The Kier molecular flexibility index (Phi) is 5.52. The molecular formula is C19H24N4O3S. The first-order chi connectivity index (χ1) is 13.2. The van der Waals surface area contributed by atoms with E-state index < -0.39 is 0 Å². The number of likely N-dealkylation sites (N-methyl/N-ethyl adjacent to an activating group) is 1. The van der Waals surface area contributed by atoms with Gasteiger partial charge in [-0.2, -0.15) is 0 Å². The molecule has 1 aromatic heterocycles. The molecule has 27 heavy (non-hydrogen) atoms. The molecule has 1 aromatic carbocycles. The minimum absolute atomic E-state index is 0.0228. The third-order valence-electron chi connectivity index (χ3n) is 5.02. The number of thioether (sulfide) groups is 1. The number of para-hydroxylation sites is 2. The molecule has 0 radical (unpaired) electrons. The lowest BCUT2D eigenvalue weighted by Crippen LogP contribution is -2.42. The van der Waals surface area contributed by atoms with Crippen molar-refractivity contribution in [3.8, 4) is 11.5 Å². The Labute approximate surface area is 162 Å². The lowest BCUT2D eigenvalue weighted by molar-refractivity contribution is -0.128. The smallest absolute Gasteiger partial charge is 0.232 e. The quantitative estimate of drug-likeness (QED) is 0.767. The second-order valence-electron chi connectivity index (χ2n) is 7.05. The Morgan fingerprint density at radius 3 is 2.89 bits per heavy atom. The van der Waals surface area contributed by atoms with Crippen molar-refractivity contribution in [1.29, 1.82) is 0 Å². The van der Waals surface area contributed by atoms with Crippen LogP contribution in [0.25, 0.3) is 0 Å². The number of aromatic amines is 1. The Hall–Kier alpha value is -2.22. The monoisotopic (exact) mass is 388 g/mol. The predicted molar refractivity (Wildman–Crippen MR) is 102 cm³/mol. The third kappa shape index (κ3) is 4.37. The Morgan fingerprint density at radius 2 is 2.07 bits per heavy atom. The molecule has 8 heteroatoms. The standard InChI is InChI=1S/C19H24N4O3S/c1-23(10-14-11-25-15-8-4-5-9-16(15)26-14)17(24)12-27-19-20-18(21-22-19)13-6-2-3-7-13/h4-5,8-9,13-14H,2-3,6-7,10-12H2,1H3,(H,20,21,22). The van der Waals surface area contributed by atoms with Crippen molar-refractivity contribution in [2.24, 2.45) is 0 Å². The zero-order chi connectivity index (χ0) is 18.6. The molecule has 1 fully saturated rings. The van der Waals surface area contributed by atoms with Gasteiger partial charge < -0.3 is 14.4 Å². The summed E-state index contributed by atoms with van der Waals surface area (Å²) in [7, 11) is 1.79. The van der Waals surface area contributed by atoms with E-state index in [0.29, 0.717) is 30.0 Å². The minimum Gasteiger partial charge on any atom is -0.486 e. The summed E-state index contributed by atoms with van der Waals surface area (Å²) in [6.07, 6.45) is 4.70. The highest BCUT2D eigenvalue weighted by Gasteiger charge is 2.24. The molecule has 7 nitrogen and oxygen atoms in total. The number of carbonyl (C=O) groups excluding carboxylic acids is 1. The van der Waals surface area contributed by atoms with E-state index in [9.17, 15) is 4.79 Å². The summed E-state index contributed by atoms with van der Waals surface area (Å²) in [5, 5.41) is 7.92. The van der Waals surface area contributed by atoms with Gasteiger partial charge in [0.25, 0.3) is 0 Å². The van der Waals surface area contributed by atoms with Crippen molar-refractivity contribution in [3.63, 3.8) is 0 Å². The van der Waals surface area contributed by atoms with Crippen molar-refractivity contribution in [2.75, 3.05) is 26.0 Å². The summed E-state index contributed by atoms with van der Waals surface area (Å²) < 4.78 is 11.6. The van der Waals surface area contributed by atoms with Crippen LogP contribution in [0.4, 0.5) is 0 Å². The van der Waals surface area contributed by atoms with Gasteiger partial charge >= 0.3 is 0 Å². The van der Waals surface area contributed by atoms with Gasteiger partial charge in [0.15, 0.2) is 17.6 Å². The molecule has 1 amide bonds. The number of amides is 1. The van der Waals surface area contributed by atoms with Crippen LogP contribution < -0.4 is 9.47 Å². The number of nitrogens with one attached hydrogen (secondary N) is 1. The number of benzene rings is 1. The van der Waals surface area contributed by atoms with Gasteiger partial charge in [0.2, 0.25) is 11.1 Å². The number of fused-ring (bicyclic) bond motifs is 1. The number of hydrogen-bond donors (Lipinski definition) is 1. The first-order valence-electron chi connectivity index (χ1n) is 9.36. The Bertz CT molecular complexity index is 791. The SMILES string of the molecule is CN(CC1COc2ccccc2O1)C(=O)CSc1n[nH]c(C2CCCC2)n1. The summed E-state index contributed by atoms with van der Waals surface area (Å²) in [4.78, 5) is 18.7. The zero-order valence-corrected chi connectivity index (χ0v) is 16.2. The summed E-state index contributed by atoms with van der Waals surface area (Å²) in [5.41, 5.74) is 0. The second kappa shape index (κ2) is 8.21. The van der Waals surface area contributed by atoms with Crippen LogP contribution in [0.2, 0.25) is 0 Å². The lowest BCUT2D eigenvalue weighted by Gasteiger charge is -2.29. The summed E-state index contributed by atoms with van der Waals surface area (Å²) in [5.74, 6) is 3.27. The van der Waals surface area contributed by atoms with Gasteiger partial charge in [0.05, 0.1) is 12.3 Å². The number of rotatable bonds is 6. The maximum atomic E-state index is 12.4. The van der Waals surface area contributed by atoms with Crippen molar-refractivity contribution >= 4 is 17.7 Å². The average molecular weight is 388 g/mol. The number of hydrogen-bond acceptors (Lipinski definition) is 6. The highest BCUT2D eigenvalue weighted by molar-refractivity contribution is 7.99. The predicted octanol–water partition coefficient (Wildman–Crippen LogP) is 2.85. The van der Waals surface area contributed by atoms with Gasteiger partial charge in [0.1, 0.15) is 12.4 Å². The van der Waals surface area contributed by atoms with Gasteiger partial charge in [-0.1, -0.05) is 36.7 Å². The largest absolute Gasteiger partial charge is 0.486 e. The summed E-state index contributed by atoms with van der Waals surface area (Å²) in [6, 6.07) is 7.58. The molecule has 2 aliphatic rings. The summed E-state index contributed by atoms with van der Waals surface area (Å²) in [6.45, 7) is 0.919. The molecule has 1 aliphatic heterocycles. The van der Waals surface area contributed by atoms with E-state index in [1.165, 1.54) is 37.4 Å². The highest BCUT2D eigenvalue weighted by atomic mass is 32.2. The molecule has 1 unspecified atom stereocenters. The van der Waals surface area contributed by atoms with E-state index in [-0.39, 0.29) is 12.0 Å². The van der Waals surface area contributed by atoms with Gasteiger partial charge in [0, 0.05) is 13.0 Å². The van der Waals surface area contributed by atoms with Crippen molar-refractivity contribution < 1.29 is 14.3 Å². The van der Waals surface area contributed by atoms with E-state index in [1.807, 2.05) is 24.3 Å². The number of aromatic nitrogens is 3. The van der Waals surface area contributed by atoms with Crippen LogP contribution in [0.15, 0.2) is 29.4 Å². The minimum atomic E-state index is -0.170. The van der Waals surface area contributed by atoms with Gasteiger partial charge in [-0.15, -0.1) is 5.10 Å². The van der Waals surface area contributed by atoms with Crippen molar-refractivity contribution in [1.82, 2.24) is 20.1 Å². The van der Waals surface area contributed by atoms with E-state index in [1.54, 1.807) is 11.9 Å². The molecular weight excluding hydrogens is 364 g/mol. The molecule has 1 aliphatic carbocycles. The van der Waals surface area contributed by atoms with Crippen LogP contribution >= 0.6 is 11.8 Å². The second-order valence-corrected chi connectivity index (χ2v) is 7.99. The zero-order valence-electron chi connectivity index (χ0n) is 15.4. The molecule has 4 rings (SSSR count). The number of nitrogens with zero attached hydrogens (tertiary/aromatic N) is 3. The van der Waals surface area contributed by atoms with E-state index in [2.05, 4.69) is 15.2 Å². The molecule has 1 saturated carbocycles. The fourth-order valence-electron chi connectivity index (χ4n) is 3.50. The normalized spacial score (nSPS) is 19.2. The van der Waals surface area contributed by atoms with Crippen molar-refractivity contribution in [2.45, 2.75) is 42.9 Å². The van der Waals surface area contributed by atoms with E-state index in [4.69, 9.17) is 9.47 Å². The van der Waals surface area contributed by atoms with Gasteiger partial charge in [-0.05, 0) is 25.0 Å². The molecule has 0 saturated heterocycles. The lowest BCUT2D eigenvalue weighted by atomic mass is 10.1. The molecule has 0 spiro atoms. The molecule has 1 atom stereocenters. The van der Waals surface area contributed by atoms with Crippen molar-refractivity contribution in [3.05, 3.63) is 30.1 Å². The first-order valence-corrected chi connectivity index (χ1v) is 10.3. The first kappa shape index (κ1) is 18.2. The number of H-pyrrole nitrogens is 1. The molecule has 2 heterocycles. The summed E-state index contributed by atoms with van der Waals surface area (Å²) >= 11 is 1.37. The Morgan fingerprint density at radius 1 is 1.30 bits per heavy atom. The number of carbonyl (C=O) groups is 1. The average Bonchev–Trinajstić information content (AvgIpc) is 3.37. The van der Waals surface area contributed by atoms with Gasteiger partial charge in [-0.3, -0.25) is 9.89 Å². The molecule has 1 N–H and O–H groups in total. The molecule has 2 aromatic rings. The van der Waals surface area contributed by atoms with Gasteiger partial charge in [-0.25, -0.2) is 4.98 Å². The maximum absolute atomic E-state index is 12.4. The van der Waals surface area contributed by atoms with Crippen LogP contribution in [0.1, 0.15) is 37.4 Å². The van der Waals surface area contributed by atoms with Crippen LogP contribution in [0.5, 0.6) is 11.5 Å². The fraction of sp³-hybridized carbons (Fsp3) is 0.526. The molecule has 144 valence electrons. The topological polar surface area (TPSA) is 80.3 Å². The molecule has 0 bridgehead atoms. The highest BCUT2D eigenvalue weighted by Crippen LogP contribution is 2.33. The maximum Gasteiger partial charge on any atom is 0.232 e. The van der Waals surface area contributed by atoms with E-state index in [0.717, 1.165) is 17.3 Å².